The lowest BCUT2D eigenvalue weighted by molar-refractivity contribution is 0.165. The van der Waals surface area contributed by atoms with E-state index in [9.17, 15) is 4.79 Å². The summed E-state index contributed by atoms with van der Waals surface area (Å²) in [4.78, 5) is 16.2. The van der Waals surface area contributed by atoms with Crippen LogP contribution in [0.2, 0.25) is 0 Å². The van der Waals surface area contributed by atoms with Crippen molar-refractivity contribution in [2.75, 3.05) is 40.3 Å². The van der Waals surface area contributed by atoms with E-state index in [1.165, 1.54) is 17.5 Å². The third-order valence-electron chi connectivity index (χ3n) is 4.41. The third-order valence-corrected chi connectivity index (χ3v) is 4.41. The summed E-state index contributed by atoms with van der Waals surface area (Å²) in [6.07, 6.45) is 3.46. The van der Waals surface area contributed by atoms with E-state index < -0.39 is 0 Å². The topological polar surface area (TPSA) is 44.8 Å². The van der Waals surface area contributed by atoms with E-state index in [1.54, 1.807) is 0 Å². The zero-order chi connectivity index (χ0) is 17.5. The first-order chi connectivity index (χ1) is 11.5. The molecule has 2 amide bonds. The second-order valence-corrected chi connectivity index (χ2v) is 6.92. The Kier molecular flexibility index (Phi) is 6.91. The molecule has 0 aromatic heterocycles. The van der Waals surface area contributed by atoms with E-state index in [4.69, 9.17) is 4.74 Å². The molecule has 24 heavy (non-hydrogen) atoms. The summed E-state index contributed by atoms with van der Waals surface area (Å²) in [5, 5.41) is 2.98. The Morgan fingerprint density at radius 2 is 2.04 bits per heavy atom. The van der Waals surface area contributed by atoms with Crippen LogP contribution in [0.3, 0.4) is 0 Å². The minimum Gasteiger partial charge on any atom is -0.491 e. The van der Waals surface area contributed by atoms with Crippen molar-refractivity contribution in [3.05, 3.63) is 29.3 Å². The van der Waals surface area contributed by atoms with Gasteiger partial charge in [-0.2, -0.15) is 0 Å². The van der Waals surface area contributed by atoms with Crippen molar-refractivity contribution in [1.29, 1.82) is 0 Å². The number of aryl methyl sites for hydroxylation is 1. The molecule has 1 aliphatic carbocycles. The van der Waals surface area contributed by atoms with Gasteiger partial charge in [0, 0.05) is 19.1 Å². The summed E-state index contributed by atoms with van der Waals surface area (Å²) >= 11 is 0. The lowest BCUT2D eigenvalue weighted by Crippen LogP contribution is -2.47. The molecule has 0 aliphatic heterocycles. The number of rotatable bonds is 8. The van der Waals surface area contributed by atoms with Crippen LogP contribution in [0.4, 0.5) is 4.79 Å². The molecule has 0 saturated carbocycles. The van der Waals surface area contributed by atoms with E-state index in [0.29, 0.717) is 19.7 Å². The summed E-state index contributed by atoms with van der Waals surface area (Å²) in [5.74, 6) is 0.988. The van der Waals surface area contributed by atoms with Gasteiger partial charge in [0.05, 0.1) is 6.54 Å². The average Bonchev–Trinajstić information content (AvgIpc) is 2.99. The van der Waals surface area contributed by atoms with Gasteiger partial charge in [0.1, 0.15) is 12.4 Å². The van der Waals surface area contributed by atoms with E-state index in [0.717, 1.165) is 25.1 Å². The molecule has 134 valence electrons. The Balaban J connectivity index is 1.83. The highest BCUT2D eigenvalue weighted by Crippen LogP contribution is 2.30. The highest BCUT2D eigenvalue weighted by Gasteiger charge is 2.18. The van der Waals surface area contributed by atoms with Gasteiger partial charge in [0.2, 0.25) is 0 Å². The minimum atomic E-state index is -0.0197. The number of carbonyl (C=O) groups is 1. The predicted octanol–water partition coefficient (Wildman–Crippen LogP) is 2.54. The van der Waals surface area contributed by atoms with Crippen molar-refractivity contribution in [3.63, 3.8) is 0 Å². The second-order valence-electron chi connectivity index (χ2n) is 6.92. The molecular weight excluding hydrogens is 302 g/mol. The standard InChI is InChI=1S/C19H31N3O2/c1-15(2)22(19(23)20-11-12-21(3)4)13-14-24-18-10-6-8-16-7-5-9-17(16)18/h6,8,10,15H,5,7,9,11-14H2,1-4H3,(H,20,23). The molecule has 0 unspecified atom stereocenters. The highest BCUT2D eigenvalue weighted by molar-refractivity contribution is 5.74. The largest absolute Gasteiger partial charge is 0.491 e. The number of nitrogens with one attached hydrogen (secondary N) is 1. The lowest BCUT2D eigenvalue weighted by Gasteiger charge is -2.27. The molecule has 1 aliphatic rings. The van der Waals surface area contributed by atoms with Gasteiger partial charge in [-0.05, 0) is 64.4 Å². The first-order valence-corrected chi connectivity index (χ1v) is 8.91. The van der Waals surface area contributed by atoms with Crippen molar-refractivity contribution in [1.82, 2.24) is 15.1 Å². The molecule has 0 fully saturated rings. The summed E-state index contributed by atoms with van der Waals surface area (Å²) in [6, 6.07) is 6.42. The van der Waals surface area contributed by atoms with Gasteiger partial charge in [-0.1, -0.05) is 12.1 Å². The molecule has 1 N–H and O–H groups in total. The highest BCUT2D eigenvalue weighted by atomic mass is 16.5. The molecule has 0 radical (unpaired) electrons. The van der Waals surface area contributed by atoms with E-state index in [2.05, 4.69) is 22.3 Å². The number of nitrogens with zero attached hydrogens (tertiary/aromatic N) is 2. The summed E-state index contributed by atoms with van der Waals surface area (Å²) in [6.45, 7) is 6.68. The molecule has 1 aromatic rings. The normalized spacial score (nSPS) is 13.2. The van der Waals surface area contributed by atoms with Gasteiger partial charge in [-0.15, -0.1) is 0 Å². The van der Waals surface area contributed by atoms with Gasteiger partial charge < -0.3 is 19.9 Å². The predicted molar refractivity (Wildman–Crippen MR) is 97.8 cm³/mol. The van der Waals surface area contributed by atoms with Crippen molar-refractivity contribution in [2.24, 2.45) is 0 Å². The molecule has 0 heterocycles. The van der Waals surface area contributed by atoms with Crippen LogP contribution in [0.15, 0.2) is 18.2 Å². The molecule has 2 rings (SSSR count). The summed E-state index contributed by atoms with van der Waals surface area (Å²) < 4.78 is 5.99. The number of hydrogen-bond acceptors (Lipinski definition) is 3. The van der Waals surface area contributed by atoms with Crippen LogP contribution in [-0.2, 0) is 12.8 Å². The van der Waals surface area contributed by atoms with E-state index >= 15 is 0 Å². The number of benzene rings is 1. The van der Waals surface area contributed by atoms with Gasteiger partial charge in [-0.25, -0.2) is 4.79 Å². The number of hydrogen-bond donors (Lipinski definition) is 1. The molecule has 0 atom stereocenters. The minimum absolute atomic E-state index is 0.0197. The van der Waals surface area contributed by atoms with Crippen LogP contribution >= 0.6 is 0 Å². The van der Waals surface area contributed by atoms with E-state index in [-0.39, 0.29) is 12.1 Å². The monoisotopic (exact) mass is 333 g/mol. The summed E-state index contributed by atoms with van der Waals surface area (Å²) in [7, 11) is 4.00. The van der Waals surface area contributed by atoms with Gasteiger partial charge in [-0.3, -0.25) is 0 Å². The lowest BCUT2D eigenvalue weighted by atomic mass is 10.1. The fraction of sp³-hybridized carbons (Fsp3) is 0.632. The van der Waals surface area contributed by atoms with Crippen molar-refractivity contribution in [3.8, 4) is 5.75 Å². The van der Waals surface area contributed by atoms with Crippen molar-refractivity contribution in [2.45, 2.75) is 39.2 Å². The first kappa shape index (κ1) is 18.6. The number of likely N-dealkylation sites (N-methyl/N-ethyl adjacent to an activating group) is 1. The molecule has 0 bridgehead atoms. The number of fused-ring (bicyclic) bond motifs is 1. The quantitative estimate of drug-likeness (QED) is 0.795. The number of amides is 2. The van der Waals surface area contributed by atoms with Gasteiger partial charge in [0.25, 0.3) is 0 Å². The maximum atomic E-state index is 12.3. The maximum Gasteiger partial charge on any atom is 0.317 e. The van der Waals surface area contributed by atoms with Crippen LogP contribution in [0.1, 0.15) is 31.4 Å². The molecule has 5 heteroatoms. The second kappa shape index (κ2) is 8.92. The molecular formula is C19H31N3O2. The molecule has 5 nitrogen and oxygen atoms in total. The van der Waals surface area contributed by atoms with E-state index in [1.807, 2.05) is 38.9 Å². The Morgan fingerprint density at radius 1 is 1.25 bits per heavy atom. The number of carbonyl (C=O) groups excluding carboxylic acids is 1. The Morgan fingerprint density at radius 3 is 2.75 bits per heavy atom. The SMILES string of the molecule is CC(C)N(CCOc1cccc2c1CCC2)C(=O)NCCN(C)C. The molecule has 0 spiro atoms. The van der Waals surface area contributed by atoms with Crippen molar-refractivity contribution >= 4 is 6.03 Å². The first-order valence-electron chi connectivity index (χ1n) is 8.91. The van der Waals surface area contributed by atoms with Crippen LogP contribution in [-0.4, -0.2) is 62.2 Å². The van der Waals surface area contributed by atoms with Crippen LogP contribution < -0.4 is 10.1 Å². The smallest absolute Gasteiger partial charge is 0.317 e. The van der Waals surface area contributed by atoms with Gasteiger partial charge in [0.15, 0.2) is 0 Å². The van der Waals surface area contributed by atoms with Crippen LogP contribution in [0.25, 0.3) is 0 Å². The average molecular weight is 333 g/mol. The zero-order valence-corrected chi connectivity index (χ0v) is 15.5. The zero-order valence-electron chi connectivity index (χ0n) is 15.5. The Labute approximate surface area is 146 Å². The van der Waals surface area contributed by atoms with Crippen LogP contribution in [0, 0.1) is 0 Å². The van der Waals surface area contributed by atoms with Gasteiger partial charge >= 0.3 is 6.03 Å². The van der Waals surface area contributed by atoms with Crippen LogP contribution in [0.5, 0.6) is 5.75 Å². The molecule has 1 aromatic carbocycles. The Hall–Kier alpha value is -1.75. The summed E-state index contributed by atoms with van der Waals surface area (Å²) in [5.41, 5.74) is 2.76. The molecule has 0 saturated heterocycles. The third kappa shape index (κ3) is 5.13. The fourth-order valence-corrected chi connectivity index (χ4v) is 3.06. The Bertz CT molecular complexity index is 543. The fourth-order valence-electron chi connectivity index (χ4n) is 3.06. The van der Waals surface area contributed by atoms with Crippen molar-refractivity contribution < 1.29 is 9.53 Å². The number of urea groups is 1. The number of ether oxygens (including phenoxy) is 1. The maximum absolute atomic E-state index is 12.3.